The maximum absolute atomic E-state index is 11.8. The smallest absolute Gasteiger partial charge is 0.744 e. The van der Waals surface area contributed by atoms with Crippen molar-refractivity contribution in [3.63, 3.8) is 0 Å². The van der Waals surface area contributed by atoms with Crippen LogP contribution in [-0.2, 0) is 26.7 Å². The maximum Gasteiger partial charge on any atom is 1.00 e. The van der Waals surface area contributed by atoms with Crippen molar-refractivity contribution >= 4 is 37.7 Å². The minimum atomic E-state index is -4.88. The van der Waals surface area contributed by atoms with E-state index in [-0.39, 0.29) is 35.1 Å². The number of nitrogens with zero attached hydrogens (tertiary/aromatic N) is 1. The number of aliphatic imine (C=N–C) groups is 1. The Bertz CT molecular complexity index is 1470. The minimum absolute atomic E-state index is 0. The maximum atomic E-state index is 11.8. The van der Waals surface area contributed by atoms with Crippen LogP contribution in [0.15, 0.2) is 80.6 Å². The molecule has 0 atom stereocenters. The molecule has 0 amide bonds. The van der Waals surface area contributed by atoms with Gasteiger partial charge in [0.05, 0.1) is 10.6 Å². The van der Waals surface area contributed by atoms with Crippen molar-refractivity contribution in [2.24, 2.45) is 4.99 Å². The zero-order valence-corrected chi connectivity index (χ0v) is 24.3. The molecule has 186 valence electrons. The predicted molar refractivity (Wildman–Crippen MR) is 136 cm³/mol. The molecule has 0 radical (unpaired) electrons. The molecule has 0 bridgehead atoms. The van der Waals surface area contributed by atoms with Crippen molar-refractivity contribution < 1.29 is 55.5 Å². The summed E-state index contributed by atoms with van der Waals surface area (Å²) in [5.74, 6) is 0. The van der Waals surface area contributed by atoms with Crippen LogP contribution >= 0.6 is 0 Å². The van der Waals surface area contributed by atoms with E-state index in [0.29, 0.717) is 18.2 Å². The first kappa shape index (κ1) is 30.2. The van der Waals surface area contributed by atoms with Crippen molar-refractivity contribution in [1.82, 2.24) is 0 Å². The van der Waals surface area contributed by atoms with Crippen LogP contribution in [0.1, 0.15) is 30.5 Å². The van der Waals surface area contributed by atoms with Crippen LogP contribution in [-0.4, -0.2) is 44.7 Å². The fourth-order valence-corrected chi connectivity index (χ4v) is 4.99. The summed E-state index contributed by atoms with van der Waals surface area (Å²) in [5, 5.41) is 3.32. The molecule has 2 aromatic rings. The Balaban J connectivity index is 0.00000456. The van der Waals surface area contributed by atoms with Gasteiger partial charge in [0.25, 0.3) is 10.1 Å². The largest absolute Gasteiger partial charge is 1.00 e. The molecule has 1 aliphatic rings. The first-order chi connectivity index (χ1) is 16.4. The zero-order chi connectivity index (χ0) is 25.8. The number of hydrogen-bond donors (Lipinski definition) is 2. The number of aryl methyl sites for hydroxylation is 1. The third-order valence-electron chi connectivity index (χ3n) is 5.44. The van der Waals surface area contributed by atoms with E-state index >= 15 is 0 Å². The summed E-state index contributed by atoms with van der Waals surface area (Å²) in [6.07, 6.45) is 7.63. The summed E-state index contributed by atoms with van der Waals surface area (Å²) in [7, 11) is -9.64. The molecule has 3 rings (SSSR count). The molecule has 1 aliphatic carbocycles. The van der Waals surface area contributed by atoms with E-state index in [1.54, 1.807) is 12.2 Å². The van der Waals surface area contributed by atoms with Crippen LogP contribution in [0, 0.1) is 6.92 Å². The summed E-state index contributed by atoms with van der Waals surface area (Å²) in [6, 6.07) is 9.14. The molecule has 0 fully saturated rings. The van der Waals surface area contributed by atoms with Gasteiger partial charge in [-0.3, -0.25) is 9.55 Å². The quantitative estimate of drug-likeness (QED) is 0.380. The monoisotopic (exact) mass is 538 g/mol. The summed E-state index contributed by atoms with van der Waals surface area (Å²) >= 11 is 0. The SMILES string of the molecule is CCNc1ccc(CCN=C2C=C/C(=C\c3ccc(S(=O)(=O)[O-])cc3S(=O)(=O)O)C=C2C)cc1C.[Na+]. The van der Waals surface area contributed by atoms with Crippen molar-refractivity contribution in [3.05, 3.63) is 82.5 Å². The molecule has 2 aromatic carbocycles. The van der Waals surface area contributed by atoms with Gasteiger partial charge in [-0.1, -0.05) is 24.3 Å². The van der Waals surface area contributed by atoms with Crippen LogP contribution < -0.4 is 34.9 Å². The van der Waals surface area contributed by atoms with Crippen LogP contribution in [0.4, 0.5) is 5.69 Å². The van der Waals surface area contributed by atoms with Crippen molar-refractivity contribution in [2.45, 2.75) is 37.0 Å². The molecule has 0 saturated carbocycles. The van der Waals surface area contributed by atoms with Crippen molar-refractivity contribution in [2.75, 3.05) is 18.4 Å². The molecule has 0 unspecified atom stereocenters. The number of hydrogen-bond acceptors (Lipinski definition) is 7. The van der Waals surface area contributed by atoms with Gasteiger partial charge in [0.15, 0.2) is 0 Å². The molecule has 36 heavy (non-hydrogen) atoms. The fraction of sp³-hybridized carbons (Fsp3) is 0.240. The number of anilines is 1. The van der Waals surface area contributed by atoms with Gasteiger partial charge < -0.3 is 9.87 Å². The van der Waals surface area contributed by atoms with E-state index in [4.69, 9.17) is 0 Å². The third-order valence-corrected chi connectivity index (χ3v) is 7.18. The molecule has 11 heteroatoms. The van der Waals surface area contributed by atoms with Crippen LogP contribution in [0.5, 0.6) is 0 Å². The molecule has 0 heterocycles. The molecule has 0 aliphatic heterocycles. The van der Waals surface area contributed by atoms with Gasteiger partial charge in [-0.25, -0.2) is 8.42 Å². The second kappa shape index (κ2) is 12.5. The number of allylic oxidation sites excluding steroid dienone is 5. The summed E-state index contributed by atoms with van der Waals surface area (Å²) < 4.78 is 66.8. The van der Waals surface area contributed by atoms with Gasteiger partial charge in [-0.05, 0) is 91.5 Å². The van der Waals surface area contributed by atoms with Crippen molar-refractivity contribution in [1.29, 1.82) is 0 Å². The Morgan fingerprint density at radius 2 is 1.78 bits per heavy atom. The van der Waals surface area contributed by atoms with Gasteiger partial charge >= 0.3 is 29.6 Å². The average molecular weight is 539 g/mol. The Labute approximate surface area is 234 Å². The molecular formula is C25H27N2NaO6S2. The second-order valence-corrected chi connectivity index (χ2v) is 10.9. The third kappa shape index (κ3) is 7.97. The summed E-state index contributed by atoms with van der Waals surface area (Å²) in [5.41, 5.74) is 5.84. The van der Waals surface area contributed by atoms with E-state index in [2.05, 4.69) is 42.4 Å². The number of benzene rings is 2. The van der Waals surface area contributed by atoms with Crippen LogP contribution in [0.25, 0.3) is 6.08 Å². The zero-order valence-electron chi connectivity index (χ0n) is 20.6. The first-order valence-electron chi connectivity index (χ1n) is 10.9. The topological polar surface area (TPSA) is 136 Å². The van der Waals surface area contributed by atoms with E-state index in [1.165, 1.54) is 23.3 Å². The molecule has 0 spiro atoms. The standard InChI is InChI=1S/C25H28N2O6S2.Na/c1-4-26-23-9-5-19(13-17(23)2)11-12-27-24-10-6-20(14-18(24)3)15-21-7-8-22(34(28,29)30)16-25(21)35(31,32)33;/h5-10,13-16,26H,4,11-12H2,1-3H3,(H,28,29,30)(H,31,32,33);/q;+1/p-1/b20-15+,27-24?;. The Morgan fingerprint density at radius 1 is 1.06 bits per heavy atom. The van der Waals surface area contributed by atoms with E-state index in [0.717, 1.165) is 36.0 Å². The van der Waals surface area contributed by atoms with Gasteiger partial charge in [0, 0.05) is 18.8 Å². The summed E-state index contributed by atoms with van der Waals surface area (Å²) in [6.45, 7) is 7.47. The van der Waals surface area contributed by atoms with Crippen LogP contribution in [0.2, 0.25) is 0 Å². The minimum Gasteiger partial charge on any atom is -0.744 e. The van der Waals surface area contributed by atoms with E-state index < -0.39 is 30.0 Å². The van der Waals surface area contributed by atoms with E-state index in [1.807, 2.05) is 13.0 Å². The second-order valence-electron chi connectivity index (χ2n) is 8.13. The molecular weight excluding hydrogens is 511 g/mol. The fourth-order valence-electron chi connectivity index (χ4n) is 3.71. The van der Waals surface area contributed by atoms with Gasteiger partial charge in [-0.2, -0.15) is 8.42 Å². The van der Waals surface area contributed by atoms with Gasteiger partial charge in [0.2, 0.25) is 0 Å². The Kier molecular flexibility index (Phi) is 10.4. The Hall–Kier alpha value is -2.05. The molecule has 0 saturated heterocycles. The van der Waals surface area contributed by atoms with E-state index in [9.17, 15) is 25.9 Å². The number of rotatable bonds is 8. The summed E-state index contributed by atoms with van der Waals surface area (Å²) in [4.78, 5) is 3.27. The molecule has 0 aromatic heterocycles. The van der Waals surface area contributed by atoms with Gasteiger partial charge in [-0.15, -0.1) is 0 Å². The van der Waals surface area contributed by atoms with Crippen LogP contribution in [0.3, 0.4) is 0 Å². The molecule has 2 N–H and O–H groups in total. The predicted octanol–water partition coefficient (Wildman–Crippen LogP) is 1.16. The van der Waals surface area contributed by atoms with Crippen molar-refractivity contribution in [3.8, 4) is 0 Å². The first-order valence-corrected chi connectivity index (χ1v) is 13.8. The average Bonchev–Trinajstić information content (AvgIpc) is 2.76. The molecule has 8 nitrogen and oxygen atoms in total. The van der Waals surface area contributed by atoms with Gasteiger partial charge in [0.1, 0.15) is 15.0 Å². The number of nitrogens with one attached hydrogen (secondary N) is 1. The normalized spacial score (nSPS) is 16.1. The Morgan fingerprint density at radius 3 is 2.36 bits per heavy atom.